The Morgan fingerprint density at radius 1 is 0.952 bits per heavy atom. The highest BCUT2D eigenvalue weighted by atomic mass is 16.7. The number of aliphatic hydroxyl groups is 8. The zero-order valence-electron chi connectivity index (χ0n) is 11.1. The lowest BCUT2D eigenvalue weighted by Crippen LogP contribution is -2.55. The van der Waals surface area contributed by atoms with Crippen molar-refractivity contribution < 1.29 is 50.3 Å². The number of hydrogen-bond acceptors (Lipinski definition) is 10. The summed E-state index contributed by atoms with van der Waals surface area (Å²) in [5.41, 5.74) is 0. The van der Waals surface area contributed by atoms with Crippen LogP contribution in [0.4, 0.5) is 0 Å². The summed E-state index contributed by atoms with van der Waals surface area (Å²) < 4.78 is 9.86. The molecule has 8 N–H and O–H groups in total. The maximum Gasteiger partial charge on any atom is 0.186 e. The summed E-state index contributed by atoms with van der Waals surface area (Å²) >= 11 is 0. The van der Waals surface area contributed by atoms with Gasteiger partial charge >= 0.3 is 0 Å². The van der Waals surface area contributed by atoms with Crippen molar-refractivity contribution in [2.75, 3.05) is 19.8 Å². The molecule has 126 valence electrons. The summed E-state index contributed by atoms with van der Waals surface area (Å²) in [7, 11) is 0. The van der Waals surface area contributed by atoms with Gasteiger partial charge in [-0.25, -0.2) is 0 Å². The van der Waals surface area contributed by atoms with Gasteiger partial charge in [0.25, 0.3) is 0 Å². The third kappa shape index (κ3) is 4.79. The van der Waals surface area contributed by atoms with Gasteiger partial charge in [0.05, 0.1) is 19.8 Å². The molecule has 0 bridgehead atoms. The van der Waals surface area contributed by atoms with Crippen LogP contribution in [0.1, 0.15) is 0 Å². The van der Waals surface area contributed by atoms with Crippen molar-refractivity contribution in [1.82, 2.24) is 0 Å². The van der Waals surface area contributed by atoms with Gasteiger partial charge in [-0.15, -0.1) is 0 Å². The molecule has 1 aliphatic heterocycles. The standard InChI is InChI=1S/C11H22O10/c12-1-4(13)7(16)8(17)5(14)2-20-11-10(19)9(18)6(15)3-21-11/h4-19H,1-3H2/t4-,5+,6+,7+,8+,9-,10+,11-/m0/s1. The predicted molar refractivity (Wildman–Crippen MR) is 64.8 cm³/mol. The predicted octanol–water partition coefficient (Wildman–Crippen LogP) is -5.12. The highest BCUT2D eigenvalue weighted by molar-refractivity contribution is 4.84. The molecule has 0 aliphatic carbocycles. The third-order valence-corrected chi connectivity index (χ3v) is 3.21. The van der Waals surface area contributed by atoms with E-state index in [2.05, 4.69) is 0 Å². The van der Waals surface area contributed by atoms with Crippen molar-refractivity contribution in [3.05, 3.63) is 0 Å². The Balaban J connectivity index is 2.43. The van der Waals surface area contributed by atoms with Crippen LogP contribution in [-0.2, 0) is 9.47 Å². The van der Waals surface area contributed by atoms with Gasteiger partial charge < -0.3 is 50.3 Å². The SMILES string of the molecule is OC[C@H](O)[C@@H](O)[C@H](O)[C@H](O)CO[C@H]1OC[C@@H](O)[C@H](O)[C@H]1O. The quantitative estimate of drug-likeness (QED) is 0.226. The van der Waals surface area contributed by atoms with Crippen LogP contribution in [0.5, 0.6) is 0 Å². The Morgan fingerprint density at radius 2 is 1.52 bits per heavy atom. The minimum atomic E-state index is -1.80. The van der Waals surface area contributed by atoms with Gasteiger partial charge in [-0.2, -0.15) is 0 Å². The zero-order valence-corrected chi connectivity index (χ0v) is 11.1. The topological polar surface area (TPSA) is 180 Å². The van der Waals surface area contributed by atoms with E-state index in [0.29, 0.717) is 0 Å². The molecule has 8 atom stereocenters. The van der Waals surface area contributed by atoms with Crippen LogP contribution in [0.25, 0.3) is 0 Å². The Labute approximate surface area is 120 Å². The van der Waals surface area contributed by atoms with E-state index < -0.39 is 62.2 Å². The maximum atomic E-state index is 9.59. The molecular weight excluding hydrogens is 292 g/mol. The van der Waals surface area contributed by atoms with Gasteiger partial charge in [0.15, 0.2) is 6.29 Å². The molecule has 1 rings (SSSR count). The lowest BCUT2D eigenvalue weighted by Gasteiger charge is -2.35. The summed E-state index contributed by atoms with van der Waals surface area (Å²) in [5.74, 6) is 0. The molecule has 0 spiro atoms. The van der Waals surface area contributed by atoms with Gasteiger partial charge in [0.2, 0.25) is 0 Å². The molecule has 10 nitrogen and oxygen atoms in total. The second-order valence-electron chi connectivity index (χ2n) is 4.88. The molecule has 10 heteroatoms. The van der Waals surface area contributed by atoms with Crippen LogP contribution >= 0.6 is 0 Å². The molecule has 21 heavy (non-hydrogen) atoms. The highest BCUT2D eigenvalue weighted by Crippen LogP contribution is 2.17. The molecule has 1 heterocycles. The highest BCUT2D eigenvalue weighted by Gasteiger charge is 2.39. The first kappa shape index (κ1) is 18.6. The van der Waals surface area contributed by atoms with Crippen LogP contribution < -0.4 is 0 Å². The van der Waals surface area contributed by atoms with Gasteiger partial charge in [-0.05, 0) is 0 Å². The normalized spacial score (nSPS) is 36.0. The second kappa shape index (κ2) is 8.29. The molecule has 0 aromatic rings. The fraction of sp³-hybridized carbons (Fsp3) is 1.00. The van der Waals surface area contributed by atoms with E-state index in [-0.39, 0.29) is 6.61 Å². The van der Waals surface area contributed by atoms with Crippen molar-refractivity contribution in [2.24, 2.45) is 0 Å². The summed E-state index contributed by atoms with van der Waals surface area (Å²) in [6, 6.07) is 0. The van der Waals surface area contributed by atoms with Gasteiger partial charge in [0, 0.05) is 0 Å². The van der Waals surface area contributed by atoms with Crippen LogP contribution in [0.2, 0.25) is 0 Å². The fourth-order valence-electron chi connectivity index (χ4n) is 1.78. The first-order valence-corrected chi connectivity index (χ1v) is 6.40. The summed E-state index contributed by atoms with van der Waals surface area (Å²) in [6.07, 6.45) is -12.5. The number of rotatable bonds is 7. The van der Waals surface area contributed by atoms with Gasteiger partial charge in [-0.1, -0.05) is 0 Å². The molecule has 1 fully saturated rings. The number of ether oxygens (including phenoxy) is 2. The Morgan fingerprint density at radius 3 is 2.10 bits per heavy atom. The van der Waals surface area contributed by atoms with Gasteiger partial charge in [0.1, 0.15) is 42.7 Å². The molecule has 0 aromatic heterocycles. The minimum absolute atomic E-state index is 0.284. The van der Waals surface area contributed by atoms with E-state index >= 15 is 0 Å². The molecule has 0 unspecified atom stereocenters. The van der Waals surface area contributed by atoms with Crippen LogP contribution in [0, 0.1) is 0 Å². The average Bonchev–Trinajstić information content (AvgIpc) is 2.49. The minimum Gasteiger partial charge on any atom is -0.394 e. The van der Waals surface area contributed by atoms with E-state index in [9.17, 15) is 30.6 Å². The Kier molecular flexibility index (Phi) is 7.36. The van der Waals surface area contributed by atoms with E-state index in [1.54, 1.807) is 0 Å². The van der Waals surface area contributed by atoms with E-state index in [1.165, 1.54) is 0 Å². The lowest BCUT2D eigenvalue weighted by atomic mass is 10.0. The van der Waals surface area contributed by atoms with E-state index in [4.69, 9.17) is 19.7 Å². The summed E-state index contributed by atoms with van der Waals surface area (Å²) in [6.45, 7) is -1.67. The van der Waals surface area contributed by atoms with E-state index in [0.717, 1.165) is 0 Å². The number of hydrogen-bond donors (Lipinski definition) is 8. The first-order valence-electron chi connectivity index (χ1n) is 6.40. The van der Waals surface area contributed by atoms with Crippen molar-refractivity contribution in [3.8, 4) is 0 Å². The molecule has 1 saturated heterocycles. The molecule has 0 amide bonds. The monoisotopic (exact) mass is 314 g/mol. The fourth-order valence-corrected chi connectivity index (χ4v) is 1.78. The Bertz CT molecular complexity index is 303. The van der Waals surface area contributed by atoms with Crippen LogP contribution in [0.3, 0.4) is 0 Å². The van der Waals surface area contributed by atoms with E-state index in [1.807, 2.05) is 0 Å². The van der Waals surface area contributed by atoms with Crippen LogP contribution in [-0.4, -0.2) is 110 Å². The smallest absolute Gasteiger partial charge is 0.186 e. The molecule has 0 aromatic carbocycles. The Hall–Kier alpha value is -0.400. The molecule has 0 saturated carbocycles. The first-order chi connectivity index (χ1) is 9.79. The molecule has 1 aliphatic rings. The number of aliphatic hydroxyl groups excluding tert-OH is 8. The lowest BCUT2D eigenvalue weighted by molar-refractivity contribution is -0.278. The molecular formula is C11H22O10. The van der Waals surface area contributed by atoms with Crippen molar-refractivity contribution >= 4 is 0 Å². The second-order valence-corrected chi connectivity index (χ2v) is 4.88. The van der Waals surface area contributed by atoms with Crippen molar-refractivity contribution in [3.63, 3.8) is 0 Å². The summed E-state index contributed by atoms with van der Waals surface area (Å²) in [4.78, 5) is 0. The zero-order chi connectivity index (χ0) is 16.2. The summed E-state index contributed by atoms with van der Waals surface area (Å²) in [5, 5.41) is 74.5. The largest absolute Gasteiger partial charge is 0.394 e. The van der Waals surface area contributed by atoms with Crippen LogP contribution in [0.15, 0.2) is 0 Å². The maximum absolute atomic E-state index is 9.59. The average molecular weight is 314 g/mol. The third-order valence-electron chi connectivity index (χ3n) is 3.21. The molecule has 0 radical (unpaired) electrons. The van der Waals surface area contributed by atoms with Crippen molar-refractivity contribution in [2.45, 2.75) is 49.0 Å². The van der Waals surface area contributed by atoms with Gasteiger partial charge in [-0.3, -0.25) is 0 Å². The van der Waals surface area contributed by atoms with Crippen molar-refractivity contribution in [1.29, 1.82) is 0 Å².